The van der Waals surface area contributed by atoms with Gasteiger partial charge in [0.25, 0.3) is 11.5 Å². The van der Waals surface area contributed by atoms with Crippen molar-refractivity contribution in [3.63, 3.8) is 0 Å². The van der Waals surface area contributed by atoms with E-state index in [-0.39, 0.29) is 34.7 Å². The Hall–Kier alpha value is -4.32. The summed E-state index contributed by atoms with van der Waals surface area (Å²) in [5.41, 5.74) is 3.77. The Morgan fingerprint density at radius 1 is 1.03 bits per heavy atom. The summed E-state index contributed by atoms with van der Waals surface area (Å²) in [6.07, 6.45) is 0. The summed E-state index contributed by atoms with van der Waals surface area (Å²) in [4.78, 5) is 50.5. The molecule has 0 saturated heterocycles. The van der Waals surface area contributed by atoms with Gasteiger partial charge in [0.15, 0.2) is 18.1 Å². The van der Waals surface area contributed by atoms with Gasteiger partial charge in [-0.3, -0.25) is 9.59 Å². The van der Waals surface area contributed by atoms with E-state index in [4.69, 9.17) is 15.2 Å². The Morgan fingerprint density at radius 2 is 1.67 bits per heavy atom. The summed E-state index contributed by atoms with van der Waals surface area (Å²) in [5.74, 6) is -3.86. The SMILES string of the molecule is CCOc1cc(-c2c(C(=O)O)c(N)[nH]c(=O)c2C(=O)O)c(Br)cc1OCC(=O)NCc1ccccc1. The number of halogens is 1. The third kappa shape index (κ3) is 5.84. The van der Waals surface area contributed by atoms with Gasteiger partial charge in [0, 0.05) is 22.1 Å². The van der Waals surface area contributed by atoms with Gasteiger partial charge < -0.3 is 35.7 Å². The normalized spacial score (nSPS) is 10.5. The zero-order valence-corrected chi connectivity index (χ0v) is 20.5. The van der Waals surface area contributed by atoms with Gasteiger partial charge in [-0.15, -0.1) is 0 Å². The predicted octanol–water partition coefficient (Wildman–Crippen LogP) is 2.88. The first-order valence-corrected chi connectivity index (χ1v) is 11.4. The molecule has 0 bridgehead atoms. The maximum absolute atomic E-state index is 12.4. The molecule has 3 aromatic rings. The second-order valence-electron chi connectivity index (χ2n) is 7.37. The van der Waals surface area contributed by atoms with Gasteiger partial charge in [0.1, 0.15) is 16.9 Å². The summed E-state index contributed by atoms with van der Waals surface area (Å²) in [5, 5.41) is 22.0. The van der Waals surface area contributed by atoms with E-state index in [0.717, 1.165) is 5.56 Å². The molecular weight excluding hydrogens is 538 g/mol. The molecule has 0 atom stereocenters. The molecule has 1 heterocycles. The summed E-state index contributed by atoms with van der Waals surface area (Å²) in [6.45, 7) is 1.82. The maximum Gasteiger partial charge on any atom is 0.342 e. The first-order chi connectivity index (χ1) is 17.1. The Kier molecular flexibility index (Phi) is 8.33. The molecule has 0 saturated carbocycles. The van der Waals surface area contributed by atoms with Gasteiger partial charge in [0.05, 0.1) is 6.61 Å². The van der Waals surface area contributed by atoms with E-state index in [1.165, 1.54) is 12.1 Å². The number of amides is 1. The number of aromatic amines is 1. The molecule has 0 radical (unpaired) electrons. The van der Waals surface area contributed by atoms with Crippen LogP contribution in [-0.4, -0.2) is 46.3 Å². The van der Waals surface area contributed by atoms with Crippen LogP contribution in [0, 0.1) is 0 Å². The molecule has 3 rings (SSSR count). The van der Waals surface area contributed by atoms with Crippen LogP contribution in [-0.2, 0) is 11.3 Å². The fourth-order valence-corrected chi connectivity index (χ4v) is 3.94. The maximum atomic E-state index is 12.4. The van der Waals surface area contributed by atoms with Gasteiger partial charge in [-0.1, -0.05) is 46.3 Å². The smallest absolute Gasteiger partial charge is 0.342 e. The Balaban J connectivity index is 1.98. The van der Waals surface area contributed by atoms with Crippen molar-refractivity contribution in [3.05, 3.63) is 74.0 Å². The number of aromatic nitrogens is 1. The fourth-order valence-electron chi connectivity index (χ4n) is 3.41. The minimum Gasteiger partial charge on any atom is -0.490 e. The lowest BCUT2D eigenvalue weighted by Crippen LogP contribution is -2.28. The minimum atomic E-state index is -1.64. The number of nitrogens with two attached hydrogens (primary N) is 1. The topological polar surface area (TPSA) is 181 Å². The van der Waals surface area contributed by atoms with Crippen molar-refractivity contribution in [2.24, 2.45) is 0 Å². The number of carbonyl (C=O) groups excluding carboxylic acids is 1. The van der Waals surface area contributed by atoms with Gasteiger partial charge in [0.2, 0.25) is 0 Å². The molecule has 0 aliphatic carbocycles. The standard InChI is InChI=1S/C24H22BrN3O8/c1-2-35-15-8-13(18-19(23(31)32)21(26)28-22(30)20(18)24(33)34)14(25)9-16(15)36-11-17(29)27-10-12-6-4-3-5-7-12/h3-9H,2,10-11H2,1H3,(H,27,29)(H,31,32)(H,33,34)(H3,26,28,30). The quantitative estimate of drug-likeness (QED) is 0.249. The molecule has 0 fully saturated rings. The molecule has 0 aliphatic rings. The number of carboxylic acids is 2. The third-order valence-corrected chi connectivity index (χ3v) is 5.62. The van der Waals surface area contributed by atoms with Crippen LogP contribution in [0.4, 0.5) is 5.82 Å². The second-order valence-corrected chi connectivity index (χ2v) is 8.22. The first-order valence-electron chi connectivity index (χ1n) is 10.6. The third-order valence-electron chi connectivity index (χ3n) is 4.97. The van der Waals surface area contributed by atoms with E-state index in [9.17, 15) is 29.4 Å². The first kappa shape index (κ1) is 26.3. The van der Waals surface area contributed by atoms with Gasteiger partial charge in [-0.2, -0.15) is 0 Å². The molecule has 12 heteroatoms. The number of aromatic carboxylic acids is 2. The monoisotopic (exact) mass is 559 g/mol. The van der Waals surface area contributed by atoms with Crippen LogP contribution in [0.3, 0.4) is 0 Å². The number of H-pyrrole nitrogens is 1. The van der Waals surface area contributed by atoms with E-state index < -0.39 is 45.9 Å². The number of anilines is 1. The Bertz CT molecular complexity index is 1370. The molecule has 36 heavy (non-hydrogen) atoms. The van der Waals surface area contributed by atoms with Crippen molar-refractivity contribution < 1.29 is 34.1 Å². The van der Waals surface area contributed by atoms with Gasteiger partial charge in [-0.05, 0) is 24.6 Å². The highest BCUT2D eigenvalue weighted by atomic mass is 79.9. The number of nitrogens with one attached hydrogen (secondary N) is 2. The molecule has 0 aliphatic heterocycles. The average Bonchev–Trinajstić information content (AvgIpc) is 2.82. The highest BCUT2D eigenvalue weighted by Gasteiger charge is 2.29. The number of nitrogen functional groups attached to an aromatic ring is 1. The molecule has 0 unspecified atom stereocenters. The number of ether oxygens (including phenoxy) is 2. The number of pyridine rings is 1. The van der Waals surface area contributed by atoms with Crippen molar-refractivity contribution in [2.75, 3.05) is 18.9 Å². The van der Waals surface area contributed by atoms with Crippen molar-refractivity contribution in [1.82, 2.24) is 10.3 Å². The Morgan fingerprint density at radius 3 is 2.28 bits per heavy atom. The van der Waals surface area contributed by atoms with Crippen LogP contribution in [0.2, 0.25) is 0 Å². The highest BCUT2D eigenvalue weighted by Crippen LogP contribution is 2.41. The molecule has 1 aromatic heterocycles. The van der Waals surface area contributed by atoms with E-state index in [1.54, 1.807) is 6.92 Å². The van der Waals surface area contributed by atoms with Crippen LogP contribution in [0.15, 0.2) is 51.7 Å². The predicted molar refractivity (Wildman–Crippen MR) is 133 cm³/mol. The minimum absolute atomic E-state index is 0.0203. The number of hydrogen-bond acceptors (Lipinski definition) is 7. The second kappa shape index (κ2) is 11.4. The summed E-state index contributed by atoms with van der Waals surface area (Å²) < 4.78 is 11.4. The van der Waals surface area contributed by atoms with Crippen LogP contribution in [0.5, 0.6) is 11.5 Å². The van der Waals surface area contributed by atoms with Gasteiger partial charge >= 0.3 is 11.9 Å². The average molecular weight is 560 g/mol. The van der Waals surface area contributed by atoms with Crippen LogP contribution in [0.25, 0.3) is 11.1 Å². The number of hydrogen-bond donors (Lipinski definition) is 5. The number of carbonyl (C=O) groups is 3. The number of benzene rings is 2. The van der Waals surface area contributed by atoms with E-state index in [1.807, 2.05) is 30.3 Å². The van der Waals surface area contributed by atoms with Gasteiger partial charge in [-0.25, -0.2) is 9.59 Å². The van der Waals surface area contributed by atoms with Crippen molar-refractivity contribution in [1.29, 1.82) is 0 Å². The lowest BCUT2D eigenvalue weighted by molar-refractivity contribution is -0.123. The lowest BCUT2D eigenvalue weighted by Gasteiger charge is -2.17. The van der Waals surface area contributed by atoms with E-state index >= 15 is 0 Å². The summed E-state index contributed by atoms with van der Waals surface area (Å²) >= 11 is 3.28. The summed E-state index contributed by atoms with van der Waals surface area (Å²) in [6, 6.07) is 12.0. The highest BCUT2D eigenvalue weighted by molar-refractivity contribution is 9.10. The lowest BCUT2D eigenvalue weighted by atomic mass is 9.95. The molecule has 1 amide bonds. The molecule has 2 aromatic carbocycles. The molecule has 6 N–H and O–H groups in total. The van der Waals surface area contributed by atoms with Crippen LogP contribution >= 0.6 is 15.9 Å². The van der Waals surface area contributed by atoms with E-state index in [0.29, 0.717) is 6.54 Å². The van der Waals surface area contributed by atoms with Crippen LogP contribution < -0.4 is 26.1 Å². The van der Waals surface area contributed by atoms with Crippen molar-refractivity contribution in [3.8, 4) is 22.6 Å². The van der Waals surface area contributed by atoms with E-state index in [2.05, 4.69) is 26.2 Å². The fraction of sp³-hybridized carbons (Fsp3) is 0.167. The molecule has 11 nitrogen and oxygen atoms in total. The number of carboxylic acid groups (broad SMARTS) is 2. The van der Waals surface area contributed by atoms with Crippen molar-refractivity contribution >= 4 is 39.6 Å². The largest absolute Gasteiger partial charge is 0.490 e. The molecular formula is C24H22BrN3O8. The molecule has 188 valence electrons. The van der Waals surface area contributed by atoms with Crippen molar-refractivity contribution in [2.45, 2.75) is 13.5 Å². The molecule has 0 spiro atoms. The zero-order chi connectivity index (χ0) is 26.4. The summed E-state index contributed by atoms with van der Waals surface area (Å²) in [7, 11) is 0. The Labute approximate surface area is 213 Å². The zero-order valence-electron chi connectivity index (χ0n) is 19.0. The van der Waals surface area contributed by atoms with Crippen LogP contribution in [0.1, 0.15) is 33.2 Å². The number of rotatable bonds is 10.